The van der Waals surface area contributed by atoms with Crippen LogP contribution in [0.5, 0.6) is 0 Å². The molecule has 0 radical (unpaired) electrons. The Morgan fingerprint density at radius 2 is 1.96 bits per heavy atom. The standard InChI is InChI=1S/C19H21N3O3S3/c1-2-21-7-5-14-13-15(3-4-16(14)21)20-19(23)18-17(6-10-27-18)28(24,25)22-8-11-26-12-9-22/h3-7,10,13H,2,8-9,11-12H2,1H3,(H,20,23). The highest BCUT2D eigenvalue weighted by Gasteiger charge is 2.31. The number of hydrogen-bond acceptors (Lipinski definition) is 5. The van der Waals surface area contributed by atoms with Gasteiger partial charge in [0.15, 0.2) is 0 Å². The maximum absolute atomic E-state index is 13.0. The van der Waals surface area contributed by atoms with E-state index in [0.29, 0.717) is 18.8 Å². The van der Waals surface area contributed by atoms with Crippen LogP contribution in [0.1, 0.15) is 16.6 Å². The maximum Gasteiger partial charge on any atom is 0.267 e. The lowest BCUT2D eigenvalue weighted by Gasteiger charge is -2.25. The van der Waals surface area contributed by atoms with E-state index in [2.05, 4.69) is 16.8 Å². The lowest BCUT2D eigenvalue weighted by Crippen LogP contribution is -2.38. The largest absolute Gasteiger partial charge is 0.348 e. The number of thioether (sulfide) groups is 1. The van der Waals surface area contributed by atoms with E-state index in [9.17, 15) is 13.2 Å². The van der Waals surface area contributed by atoms with Crippen LogP contribution in [0.15, 0.2) is 46.8 Å². The van der Waals surface area contributed by atoms with Gasteiger partial charge in [0, 0.05) is 53.9 Å². The first-order valence-corrected chi connectivity index (χ1v) is 12.5. The van der Waals surface area contributed by atoms with Crippen molar-refractivity contribution >= 4 is 55.6 Å². The van der Waals surface area contributed by atoms with Gasteiger partial charge < -0.3 is 9.88 Å². The number of fused-ring (bicyclic) bond motifs is 1. The number of nitrogens with zero attached hydrogens (tertiary/aromatic N) is 2. The van der Waals surface area contributed by atoms with Crippen LogP contribution in [0.25, 0.3) is 10.9 Å². The lowest BCUT2D eigenvalue weighted by atomic mass is 10.2. The summed E-state index contributed by atoms with van der Waals surface area (Å²) in [4.78, 5) is 13.2. The number of aromatic nitrogens is 1. The smallest absolute Gasteiger partial charge is 0.267 e. The fourth-order valence-corrected chi connectivity index (χ4v) is 7.21. The predicted octanol–water partition coefficient (Wildman–Crippen LogP) is 3.71. The molecular formula is C19H21N3O3S3. The average molecular weight is 436 g/mol. The Morgan fingerprint density at radius 3 is 2.71 bits per heavy atom. The molecule has 9 heteroatoms. The van der Waals surface area contributed by atoms with Crippen LogP contribution in [0.2, 0.25) is 0 Å². The molecule has 1 amide bonds. The molecule has 6 nitrogen and oxygen atoms in total. The minimum absolute atomic E-state index is 0.0973. The average Bonchev–Trinajstić information content (AvgIpc) is 3.35. The second-order valence-electron chi connectivity index (χ2n) is 6.46. The van der Waals surface area contributed by atoms with E-state index in [0.717, 1.165) is 40.3 Å². The van der Waals surface area contributed by atoms with Gasteiger partial charge in [-0.2, -0.15) is 16.1 Å². The van der Waals surface area contributed by atoms with Gasteiger partial charge in [-0.05, 0) is 42.6 Å². The van der Waals surface area contributed by atoms with E-state index >= 15 is 0 Å². The van der Waals surface area contributed by atoms with Crippen molar-refractivity contribution in [2.75, 3.05) is 29.9 Å². The van der Waals surface area contributed by atoms with Crippen molar-refractivity contribution in [3.05, 3.63) is 46.8 Å². The Bertz CT molecular complexity index is 1110. The fourth-order valence-electron chi connectivity index (χ4n) is 3.33. The molecule has 0 spiro atoms. The van der Waals surface area contributed by atoms with Crippen LogP contribution in [0, 0.1) is 0 Å². The molecular weight excluding hydrogens is 414 g/mol. The van der Waals surface area contributed by atoms with E-state index in [1.54, 1.807) is 17.1 Å². The molecule has 3 aromatic rings. The number of benzene rings is 1. The molecule has 0 saturated carbocycles. The molecule has 1 saturated heterocycles. The zero-order valence-electron chi connectivity index (χ0n) is 15.4. The number of rotatable bonds is 5. The molecule has 3 heterocycles. The highest BCUT2D eigenvalue weighted by molar-refractivity contribution is 7.99. The van der Waals surface area contributed by atoms with Gasteiger partial charge in [0.1, 0.15) is 9.77 Å². The number of carbonyl (C=O) groups excluding carboxylic acids is 1. The van der Waals surface area contributed by atoms with Gasteiger partial charge in [0.05, 0.1) is 0 Å². The van der Waals surface area contributed by atoms with Crippen molar-refractivity contribution in [2.45, 2.75) is 18.4 Å². The third-order valence-electron chi connectivity index (χ3n) is 4.79. The monoisotopic (exact) mass is 435 g/mol. The summed E-state index contributed by atoms with van der Waals surface area (Å²) in [7, 11) is -3.66. The normalized spacial score (nSPS) is 15.8. The second-order valence-corrected chi connectivity index (χ2v) is 10.5. The van der Waals surface area contributed by atoms with Gasteiger partial charge >= 0.3 is 0 Å². The van der Waals surface area contributed by atoms with Crippen molar-refractivity contribution in [2.24, 2.45) is 0 Å². The van der Waals surface area contributed by atoms with E-state index in [1.807, 2.05) is 30.5 Å². The van der Waals surface area contributed by atoms with E-state index in [4.69, 9.17) is 0 Å². The van der Waals surface area contributed by atoms with Crippen LogP contribution in [0.4, 0.5) is 5.69 Å². The lowest BCUT2D eigenvalue weighted by molar-refractivity contribution is 0.102. The highest BCUT2D eigenvalue weighted by Crippen LogP contribution is 2.28. The summed E-state index contributed by atoms with van der Waals surface area (Å²) in [5.74, 6) is 1.17. The number of thiophene rings is 1. The highest BCUT2D eigenvalue weighted by atomic mass is 32.2. The summed E-state index contributed by atoms with van der Waals surface area (Å²) in [5.41, 5.74) is 1.75. The number of aryl methyl sites for hydroxylation is 1. The Labute approximate surface area is 172 Å². The molecule has 1 aliphatic heterocycles. The van der Waals surface area contributed by atoms with Crippen molar-refractivity contribution < 1.29 is 13.2 Å². The molecule has 0 atom stereocenters. The first-order valence-electron chi connectivity index (χ1n) is 9.06. The van der Waals surface area contributed by atoms with Crippen molar-refractivity contribution in [1.29, 1.82) is 0 Å². The molecule has 0 unspecified atom stereocenters. The number of amides is 1. The molecule has 1 aliphatic rings. The summed E-state index contributed by atoms with van der Waals surface area (Å²) in [5, 5.41) is 5.54. The number of carbonyl (C=O) groups is 1. The first kappa shape index (κ1) is 19.5. The number of nitrogens with one attached hydrogen (secondary N) is 1. The van der Waals surface area contributed by atoms with Gasteiger partial charge in [-0.25, -0.2) is 8.42 Å². The molecule has 1 N–H and O–H groups in total. The molecule has 2 aromatic heterocycles. The van der Waals surface area contributed by atoms with Crippen molar-refractivity contribution in [3.63, 3.8) is 0 Å². The second kappa shape index (κ2) is 7.90. The van der Waals surface area contributed by atoms with Gasteiger partial charge in [-0.3, -0.25) is 4.79 Å². The summed E-state index contributed by atoms with van der Waals surface area (Å²) < 4.78 is 29.6. The van der Waals surface area contributed by atoms with Gasteiger partial charge in [-0.1, -0.05) is 0 Å². The fraction of sp³-hybridized carbons (Fsp3) is 0.316. The SMILES string of the molecule is CCn1ccc2cc(NC(=O)c3sccc3S(=O)(=O)N3CCSCC3)ccc21. The number of anilines is 1. The third-order valence-corrected chi connectivity index (χ3v) is 8.72. The molecule has 0 aliphatic carbocycles. The molecule has 148 valence electrons. The predicted molar refractivity (Wildman–Crippen MR) is 116 cm³/mol. The van der Waals surface area contributed by atoms with Crippen LogP contribution >= 0.6 is 23.1 Å². The summed E-state index contributed by atoms with van der Waals surface area (Å²) >= 11 is 2.90. The molecule has 0 bridgehead atoms. The molecule has 1 aromatic carbocycles. The Kier molecular flexibility index (Phi) is 5.50. The quantitative estimate of drug-likeness (QED) is 0.663. The first-order chi connectivity index (χ1) is 13.5. The molecule has 4 rings (SSSR count). The minimum atomic E-state index is -3.66. The summed E-state index contributed by atoms with van der Waals surface area (Å²) in [6, 6.07) is 9.25. The van der Waals surface area contributed by atoms with Gasteiger partial charge in [0.25, 0.3) is 5.91 Å². The molecule has 28 heavy (non-hydrogen) atoms. The molecule has 1 fully saturated rings. The van der Waals surface area contributed by atoms with Crippen molar-refractivity contribution in [1.82, 2.24) is 8.87 Å². The van der Waals surface area contributed by atoms with Gasteiger partial charge in [-0.15, -0.1) is 11.3 Å². The summed E-state index contributed by atoms with van der Waals surface area (Å²) in [6.07, 6.45) is 2.01. The van der Waals surface area contributed by atoms with Crippen LogP contribution in [0.3, 0.4) is 0 Å². The Hall–Kier alpha value is -1.81. The summed E-state index contributed by atoms with van der Waals surface area (Å²) in [6.45, 7) is 3.92. The Morgan fingerprint density at radius 1 is 1.18 bits per heavy atom. The maximum atomic E-state index is 13.0. The topological polar surface area (TPSA) is 71.4 Å². The van der Waals surface area contributed by atoms with Crippen molar-refractivity contribution in [3.8, 4) is 0 Å². The minimum Gasteiger partial charge on any atom is -0.348 e. The van der Waals surface area contributed by atoms with Crippen LogP contribution in [-0.4, -0.2) is 47.8 Å². The van der Waals surface area contributed by atoms with E-state index in [-0.39, 0.29) is 9.77 Å². The van der Waals surface area contributed by atoms with Crippen LogP contribution in [-0.2, 0) is 16.6 Å². The van der Waals surface area contributed by atoms with Gasteiger partial charge in [0.2, 0.25) is 10.0 Å². The third kappa shape index (κ3) is 3.59. The van der Waals surface area contributed by atoms with E-state index in [1.165, 1.54) is 10.4 Å². The number of hydrogen-bond donors (Lipinski definition) is 1. The zero-order valence-corrected chi connectivity index (χ0v) is 17.9. The number of sulfonamides is 1. The van der Waals surface area contributed by atoms with Crippen LogP contribution < -0.4 is 5.32 Å². The Balaban J connectivity index is 1.59. The van der Waals surface area contributed by atoms with E-state index < -0.39 is 15.9 Å². The zero-order chi connectivity index (χ0) is 19.7.